The fraction of sp³-hybridized carbons (Fsp3) is 0.467. The zero-order chi connectivity index (χ0) is 15.2. The quantitative estimate of drug-likeness (QED) is 0.736. The van der Waals surface area contributed by atoms with Gasteiger partial charge >= 0.3 is 0 Å². The van der Waals surface area contributed by atoms with Crippen LogP contribution in [0.2, 0.25) is 0 Å². The number of ether oxygens (including phenoxy) is 3. The molecule has 114 valence electrons. The highest BCUT2D eigenvalue weighted by Crippen LogP contribution is 2.38. The summed E-state index contributed by atoms with van der Waals surface area (Å²) in [6.07, 6.45) is 3.08. The summed E-state index contributed by atoms with van der Waals surface area (Å²) >= 11 is 0. The minimum absolute atomic E-state index is 0.0278. The van der Waals surface area contributed by atoms with Crippen molar-refractivity contribution < 1.29 is 23.8 Å². The molecule has 0 aliphatic heterocycles. The van der Waals surface area contributed by atoms with Crippen LogP contribution in [0, 0.1) is 0 Å². The molecule has 21 heavy (non-hydrogen) atoms. The van der Waals surface area contributed by atoms with Gasteiger partial charge in [0, 0.05) is 11.6 Å². The highest BCUT2D eigenvalue weighted by atomic mass is 16.5. The lowest BCUT2D eigenvalue weighted by molar-refractivity contribution is -0.121. The molecule has 0 atom stereocenters. The summed E-state index contributed by atoms with van der Waals surface area (Å²) in [5.41, 5.74) is 0.433. The third kappa shape index (κ3) is 4.11. The van der Waals surface area contributed by atoms with Crippen LogP contribution in [0.15, 0.2) is 12.1 Å². The van der Waals surface area contributed by atoms with E-state index < -0.39 is 0 Å². The normalized spacial score (nSPS) is 13.4. The highest BCUT2D eigenvalue weighted by molar-refractivity contribution is 5.78. The first-order valence-electron chi connectivity index (χ1n) is 6.81. The molecule has 1 aromatic rings. The van der Waals surface area contributed by atoms with Crippen LogP contribution in [0.25, 0.3) is 0 Å². The van der Waals surface area contributed by atoms with Gasteiger partial charge in [0.2, 0.25) is 11.7 Å². The van der Waals surface area contributed by atoms with E-state index in [1.807, 2.05) is 0 Å². The van der Waals surface area contributed by atoms with E-state index in [-0.39, 0.29) is 18.9 Å². The molecule has 1 N–H and O–H groups in total. The minimum Gasteiger partial charge on any atom is -0.493 e. The molecule has 1 aliphatic carbocycles. The number of rotatable bonds is 8. The van der Waals surface area contributed by atoms with E-state index >= 15 is 0 Å². The summed E-state index contributed by atoms with van der Waals surface area (Å²) in [7, 11) is 2.96. The lowest BCUT2D eigenvalue weighted by Gasteiger charge is -2.15. The SMILES string of the molecule is COc1cc(C=O)cc(OC)c1OCCC(=O)NC1CC1. The maximum absolute atomic E-state index is 11.6. The number of hydrogen-bond acceptors (Lipinski definition) is 5. The second-order valence-corrected chi connectivity index (χ2v) is 4.81. The number of carbonyl (C=O) groups excluding carboxylic acids is 2. The third-order valence-electron chi connectivity index (χ3n) is 3.14. The lowest BCUT2D eigenvalue weighted by Crippen LogP contribution is -2.26. The predicted octanol–water partition coefficient (Wildman–Crippen LogP) is 1.56. The Labute approximate surface area is 123 Å². The molecule has 0 saturated heterocycles. The zero-order valence-electron chi connectivity index (χ0n) is 12.2. The largest absolute Gasteiger partial charge is 0.493 e. The van der Waals surface area contributed by atoms with Crippen LogP contribution in [0.3, 0.4) is 0 Å². The summed E-state index contributed by atoms with van der Waals surface area (Å²) < 4.78 is 16.0. The maximum Gasteiger partial charge on any atom is 0.223 e. The van der Waals surface area contributed by atoms with Crippen LogP contribution in [0.1, 0.15) is 29.6 Å². The van der Waals surface area contributed by atoms with Crippen molar-refractivity contribution in [3.8, 4) is 17.2 Å². The van der Waals surface area contributed by atoms with Crippen molar-refractivity contribution in [2.75, 3.05) is 20.8 Å². The van der Waals surface area contributed by atoms with Gasteiger partial charge in [0.15, 0.2) is 11.5 Å². The number of nitrogens with one attached hydrogen (secondary N) is 1. The molecule has 0 heterocycles. The summed E-state index contributed by atoms with van der Waals surface area (Å²) in [6, 6.07) is 3.47. The summed E-state index contributed by atoms with van der Waals surface area (Å²) in [6.45, 7) is 0.214. The molecule has 6 nitrogen and oxygen atoms in total. The van der Waals surface area contributed by atoms with Gasteiger partial charge in [-0.1, -0.05) is 0 Å². The van der Waals surface area contributed by atoms with E-state index in [9.17, 15) is 9.59 Å². The second kappa shape index (κ2) is 6.97. The van der Waals surface area contributed by atoms with Crippen molar-refractivity contribution in [3.63, 3.8) is 0 Å². The van der Waals surface area contributed by atoms with E-state index in [4.69, 9.17) is 14.2 Å². The Morgan fingerprint density at radius 1 is 1.29 bits per heavy atom. The van der Waals surface area contributed by atoms with Crippen LogP contribution >= 0.6 is 0 Å². The van der Waals surface area contributed by atoms with E-state index in [2.05, 4.69) is 5.32 Å². The van der Waals surface area contributed by atoms with Gasteiger partial charge in [-0.2, -0.15) is 0 Å². The Balaban J connectivity index is 1.99. The molecule has 0 bridgehead atoms. The molecule has 1 saturated carbocycles. The molecule has 0 aromatic heterocycles. The Morgan fingerprint density at radius 3 is 2.38 bits per heavy atom. The van der Waals surface area contributed by atoms with Gasteiger partial charge in [-0.3, -0.25) is 9.59 Å². The van der Waals surface area contributed by atoms with Crippen LogP contribution in [-0.2, 0) is 4.79 Å². The molecule has 0 radical (unpaired) electrons. The first-order chi connectivity index (χ1) is 10.2. The number of carbonyl (C=O) groups is 2. The summed E-state index contributed by atoms with van der Waals surface area (Å²) in [5.74, 6) is 1.17. The Kier molecular flexibility index (Phi) is 5.03. The van der Waals surface area contributed by atoms with Gasteiger partial charge < -0.3 is 19.5 Å². The number of aldehydes is 1. The number of amides is 1. The molecule has 1 aliphatic rings. The number of hydrogen-bond donors (Lipinski definition) is 1. The van der Waals surface area contributed by atoms with E-state index in [1.54, 1.807) is 12.1 Å². The third-order valence-corrected chi connectivity index (χ3v) is 3.14. The fourth-order valence-electron chi connectivity index (χ4n) is 1.88. The Bertz CT molecular complexity index is 500. The summed E-state index contributed by atoms with van der Waals surface area (Å²) in [4.78, 5) is 22.5. The van der Waals surface area contributed by atoms with Gasteiger partial charge in [0.1, 0.15) is 6.29 Å². The zero-order valence-corrected chi connectivity index (χ0v) is 12.2. The first kappa shape index (κ1) is 15.2. The van der Waals surface area contributed by atoms with Crippen LogP contribution in [-0.4, -0.2) is 39.1 Å². The van der Waals surface area contributed by atoms with Gasteiger partial charge in [-0.05, 0) is 25.0 Å². The lowest BCUT2D eigenvalue weighted by atomic mass is 10.2. The molecule has 1 amide bonds. The van der Waals surface area contributed by atoms with Crippen molar-refractivity contribution in [2.45, 2.75) is 25.3 Å². The summed E-state index contributed by atoms with van der Waals surface area (Å²) in [5, 5.41) is 2.89. The average molecular weight is 293 g/mol. The number of methoxy groups -OCH3 is 2. The fourth-order valence-corrected chi connectivity index (χ4v) is 1.88. The van der Waals surface area contributed by atoms with Crippen molar-refractivity contribution >= 4 is 12.2 Å². The average Bonchev–Trinajstić information content (AvgIpc) is 3.30. The smallest absolute Gasteiger partial charge is 0.223 e. The minimum atomic E-state index is -0.0278. The van der Waals surface area contributed by atoms with Gasteiger partial charge in [-0.25, -0.2) is 0 Å². The van der Waals surface area contributed by atoms with Gasteiger partial charge in [-0.15, -0.1) is 0 Å². The van der Waals surface area contributed by atoms with E-state index in [1.165, 1.54) is 14.2 Å². The topological polar surface area (TPSA) is 73.9 Å². The molecule has 0 unspecified atom stereocenters. The van der Waals surface area contributed by atoms with E-state index in [0.29, 0.717) is 35.1 Å². The van der Waals surface area contributed by atoms with E-state index in [0.717, 1.165) is 12.8 Å². The van der Waals surface area contributed by atoms with Crippen molar-refractivity contribution in [1.29, 1.82) is 0 Å². The standard InChI is InChI=1S/C15H19NO5/c1-19-12-7-10(9-17)8-13(20-2)15(12)21-6-5-14(18)16-11-3-4-11/h7-9,11H,3-6H2,1-2H3,(H,16,18). The molecule has 1 fully saturated rings. The molecule has 0 spiro atoms. The highest BCUT2D eigenvalue weighted by Gasteiger charge is 2.23. The predicted molar refractivity (Wildman–Crippen MR) is 76.2 cm³/mol. The Morgan fingerprint density at radius 2 is 1.90 bits per heavy atom. The van der Waals surface area contributed by atoms with Crippen molar-refractivity contribution in [2.24, 2.45) is 0 Å². The molecule has 2 rings (SSSR count). The second-order valence-electron chi connectivity index (χ2n) is 4.81. The van der Waals surface area contributed by atoms with Crippen LogP contribution in [0.5, 0.6) is 17.2 Å². The van der Waals surface area contributed by atoms with Gasteiger partial charge in [0.05, 0.1) is 27.2 Å². The number of benzene rings is 1. The molecular formula is C15H19NO5. The van der Waals surface area contributed by atoms with Crippen molar-refractivity contribution in [3.05, 3.63) is 17.7 Å². The molecular weight excluding hydrogens is 274 g/mol. The van der Waals surface area contributed by atoms with Gasteiger partial charge in [0.25, 0.3) is 0 Å². The molecule has 6 heteroatoms. The first-order valence-corrected chi connectivity index (χ1v) is 6.81. The van der Waals surface area contributed by atoms with Crippen molar-refractivity contribution in [1.82, 2.24) is 5.32 Å². The van der Waals surface area contributed by atoms with Crippen LogP contribution < -0.4 is 19.5 Å². The van der Waals surface area contributed by atoms with Crippen LogP contribution in [0.4, 0.5) is 0 Å². The maximum atomic E-state index is 11.6. The Hall–Kier alpha value is -2.24. The molecule has 1 aromatic carbocycles. The monoisotopic (exact) mass is 293 g/mol.